The summed E-state index contributed by atoms with van der Waals surface area (Å²) < 4.78 is 2.07. The first kappa shape index (κ1) is 24.1. The number of aryl methyl sites for hydroxylation is 1. The van der Waals surface area contributed by atoms with Crippen LogP contribution in [-0.2, 0) is 11.9 Å². The minimum absolute atomic E-state index is 0.0554. The van der Waals surface area contributed by atoms with Crippen LogP contribution in [0, 0.1) is 10.1 Å². The highest BCUT2D eigenvalue weighted by Gasteiger charge is 2.22. The van der Waals surface area contributed by atoms with Crippen molar-refractivity contribution in [2.24, 2.45) is 7.05 Å². The highest BCUT2D eigenvalue weighted by Crippen LogP contribution is 2.35. The molecule has 2 heterocycles. The van der Waals surface area contributed by atoms with Crippen LogP contribution < -0.4 is 9.96 Å². The Bertz CT molecular complexity index is 1350. The third-order valence-electron chi connectivity index (χ3n) is 5.90. The van der Waals surface area contributed by atoms with Crippen molar-refractivity contribution < 1.29 is 9.76 Å². The molecule has 0 radical (unpaired) electrons. The summed E-state index contributed by atoms with van der Waals surface area (Å²) in [5.74, 6) is 0.439. The number of nitro benzene ring substituents is 1. The van der Waals surface area contributed by atoms with Crippen LogP contribution in [0.3, 0.4) is 0 Å². The third kappa shape index (κ3) is 4.93. The highest BCUT2D eigenvalue weighted by molar-refractivity contribution is 5.95. The zero-order chi connectivity index (χ0) is 25.1. The molecule has 0 fully saturated rings. The third-order valence-corrected chi connectivity index (χ3v) is 5.90. The van der Waals surface area contributed by atoms with E-state index in [1.165, 1.54) is 18.2 Å². The van der Waals surface area contributed by atoms with Gasteiger partial charge in [-0.1, -0.05) is 18.2 Å². The van der Waals surface area contributed by atoms with Gasteiger partial charge in [-0.2, -0.15) is 0 Å². The molecular formula is C25H29N7O3. The second kappa shape index (κ2) is 10.1. The van der Waals surface area contributed by atoms with Crippen LogP contribution in [0.4, 0.5) is 23.0 Å². The van der Waals surface area contributed by atoms with Gasteiger partial charge in [-0.25, -0.2) is 15.0 Å². The fourth-order valence-corrected chi connectivity index (χ4v) is 4.00. The van der Waals surface area contributed by atoms with E-state index >= 15 is 0 Å². The van der Waals surface area contributed by atoms with Crippen LogP contribution in [0.15, 0.2) is 60.9 Å². The molecule has 0 atom stereocenters. The quantitative estimate of drug-likeness (QED) is 0.262. The van der Waals surface area contributed by atoms with Gasteiger partial charge in [0.25, 0.3) is 5.69 Å². The first-order chi connectivity index (χ1) is 16.8. The Balaban J connectivity index is 1.68. The van der Waals surface area contributed by atoms with Gasteiger partial charge in [0.2, 0.25) is 5.95 Å². The van der Waals surface area contributed by atoms with Crippen LogP contribution in [-0.4, -0.2) is 65.7 Å². The predicted octanol–water partition coefficient (Wildman–Crippen LogP) is 4.24. The van der Waals surface area contributed by atoms with E-state index in [-0.39, 0.29) is 5.69 Å². The first-order valence-electron chi connectivity index (χ1n) is 11.2. The van der Waals surface area contributed by atoms with E-state index in [2.05, 4.69) is 21.7 Å². The second-order valence-electron chi connectivity index (χ2n) is 8.49. The second-order valence-corrected chi connectivity index (χ2v) is 8.49. The van der Waals surface area contributed by atoms with Crippen molar-refractivity contribution in [1.29, 1.82) is 0 Å². The summed E-state index contributed by atoms with van der Waals surface area (Å²) in [6.07, 6.45) is 3.75. The molecule has 0 spiro atoms. The van der Waals surface area contributed by atoms with Crippen molar-refractivity contribution in [3.8, 4) is 11.3 Å². The number of hydroxylamine groups is 1. The average Bonchev–Trinajstić information content (AvgIpc) is 3.20. The normalized spacial score (nSPS) is 11.3. The molecule has 0 bridgehead atoms. The van der Waals surface area contributed by atoms with Crippen LogP contribution in [0.1, 0.15) is 0 Å². The van der Waals surface area contributed by atoms with Gasteiger partial charge in [-0.05, 0) is 38.4 Å². The Kier molecular flexibility index (Phi) is 6.94. The molecule has 0 aliphatic rings. The van der Waals surface area contributed by atoms with Gasteiger partial charge in [-0.15, -0.1) is 0 Å². The molecule has 0 aliphatic heterocycles. The topological polar surface area (TPSA) is 92.8 Å². The summed E-state index contributed by atoms with van der Waals surface area (Å²) in [4.78, 5) is 29.9. The van der Waals surface area contributed by atoms with Crippen molar-refractivity contribution in [2.45, 2.75) is 0 Å². The molecule has 10 heteroatoms. The van der Waals surface area contributed by atoms with Crippen LogP contribution in [0.5, 0.6) is 0 Å². The predicted molar refractivity (Wildman–Crippen MR) is 138 cm³/mol. The van der Waals surface area contributed by atoms with E-state index in [0.717, 1.165) is 22.2 Å². The van der Waals surface area contributed by atoms with Gasteiger partial charge in [0.15, 0.2) is 0 Å². The molecule has 4 rings (SSSR count). The summed E-state index contributed by atoms with van der Waals surface area (Å²) in [5, 5.41) is 14.5. The van der Waals surface area contributed by atoms with E-state index in [1.807, 2.05) is 50.4 Å². The lowest BCUT2D eigenvalue weighted by Gasteiger charge is -2.24. The van der Waals surface area contributed by atoms with Crippen molar-refractivity contribution in [2.75, 3.05) is 51.3 Å². The molecule has 0 aliphatic carbocycles. The maximum atomic E-state index is 11.9. The number of hydrogen-bond acceptors (Lipinski definition) is 8. The van der Waals surface area contributed by atoms with E-state index < -0.39 is 4.92 Å². The molecule has 0 saturated carbocycles. The molecule has 0 unspecified atom stereocenters. The van der Waals surface area contributed by atoms with Crippen molar-refractivity contribution in [1.82, 2.24) is 19.4 Å². The summed E-state index contributed by atoms with van der Waals surface area (Å²) in [6, 6.07) is 15.0. The Morgan fingerprint density at radius 2 is 1.86 bits per heavy atom. The monoisotopic (exact) mass is 475 g/mol. The maximum absolute atomic E-state index is 11.9. The number of para-hydroxylation sites is 1. The zero-order valence-electron chi connectivity index (χ0n) is 20.5. The number of likely N-dealkylation sites (N-methyl/N-ethyl adjacent to an activating group) is 1. The van der Waals surface area contributed by atoms with Gasteiger partial charge in [0.1, 0.15) is 5.69 Å². The standard InChI is InChI=1S/C25H29N7O3/c1-28(2)14-15-31(35-5)23-11-10-18(16-24(23)32(33)34)30(4)25-26-13-12-21(27-25)20-17-29(3)22-9-7-6-8-19(20)22/h6-13,16-17H,14-15H2,1-5H3. The minimum Gasteiger partial charge on any atom is -0.350 e. The fourth-order valence-electron chi connectivity index (χ4n) is 4.00. The van der Waals surface area contributed by atoms with Gasteiger partial charge in [0, 0.05) is 55.6 Å². The van der Waals surface area contributed by atoms with E-state index in [9.17, 15) is 10.1 Å². The number of benzene rings is 2. The lowest BCUT2D eigenvalue weighted by molar-refractivity contribution is -0.384. The number of nitrogens with zero attached hydrogens (tertiary/aromatic N) is 7. The number of aromatic nitrogens is 3. The number of rotatable bonds is 9. The van der Waals surface area contributed by atoms with E-state index in [0.29, 0.717) is 30.4 Å². The lowest BCUT2D eigenvalue weighted by atomic mass is 10.1. The zero-order valence-corrected chi connectivity index (χ0v) is 20.5. The smallest absolute Gasteiger partial charge is 0.296 e. The van der Waals surface area contributed by atoms with Crippen molar-refractivity contribution in [3.05, 3.63) is 71.0 Å². The summed E-state index contributed by atoms with van der Waals surface area (Å²) in [6.45, 7) is 1.16. The number of anilines is 3. The SMILES string of the molecule is CON(CCN(C)C)c1ccc(N(C)c2nccc(-c3cn(C)c4ccccc34)n2)cc1[N+](=O)[O-]. The van der Waals surface area contributed by atoms with Gasteiger partial charge < -0.3 is 14.4 Å². The van der Waals surface area contributed by atoms with Gasteiger partial charge >= 0.3 is 0 Å². The van der Waals surface area contributed by atoms with Gasteiger partial charge in [0.05, 0.1) is 30.0 Å². The first-order valence-corrected chi connectivity index (χ1v) is 11.2. The number of hydrogen-bond donors (Lipinski definition) is 0. The lowest BCUT2D eigenvalue weighted by Crippen LogP contribution is -2.31. The molecular weight excluding hydrogens is 446 g/mol. The van der Waals surface area contributed by atoms with E-state index in [4.69, 9.17) is 9.82 Å². The Morgan fingerprint density at radius 1 is 1.09 bits per heavy atom. The van der Waals surface area contributed by atoms with Crippen molar-refractivity contribution in [3.63, 3.8) is 0 Å². The number of nitro groups is 1. The Morgan fingerprint density at radius 3 is 2.57 bits per heavy atom. The molecule has 0 N–H and O–H groups in total. The minimum atomic E-state index is -0.401. The van der Waals surface area contributed by atoms with Crippen LogP contribution in [0.25, 0.3) is 22.2 Å². The van der Waals surface area contributed by atoms with Crippen molar-refractivity contribution >= 4 is 33.9 Å². The molecule has 2 aromatic carbocycles. The largest absolute Gasteiger partial charge is 0.350 e. The van der Waals surface area contributed by atoms with Crippen LogP contribution >= 0.6 is 0 Å². The average molecular weight is 476 g/mol. The molecule has 0 amide bonds. The highest BCUT2D eigenvalue weighted by atomic mass is 16.7. The van der Waals surface area contributed by atoms with Crippen LogP contribution in [0.2, 0.25) is 0 Å². The molecule has 2 aromatic heterocycles. The molecule has 35 heavy (non-hydrogen) atoms. The fraction of sp³-hybridized carbons (Fsp3) is 0.280. The molecule has 10 nitrogen and oxygen atoms in total. The number of fused-ring (bicyclic) bond motifs is 1. The molecule has 0 saturated heterocycles. The molecule has 4 aromatic rings. The summed E-state index contributed by atoms with van der Waals surface area (Å²) in [5.41, 5.74) is 3.82. The van der Waals surface area contributed by atoms with E-state index in [1.54, 1.807) is 30.3 Å². The summed E-state index contributed by atoms with van der Waals surface area (Å²) in [7, 11) is 9.18. The molecule has 182 valence electrons. The Labute approximate surface area is 204 Å². The summed E-state index contributed by atoms with van der Waals surface area (Å²) >= 11 is 0. The van der Waals surface area contributed by atoms with Gasteiger partial charge in [-0.3, -0.25) is 15.0 Å². The maximum Gasteiger partial charge on any atom is 0.296 e. The Hall–Kier alpha value is -4.02.